The lowest BCUT2D eigenvalue weighted by molar-refractivity contribution is 0.811. The van der Waals surface area contributed by atoms with Gasteiger partial charge in [-0.15, -0.1) is 11.3 Å². The largest absolute Gasteiger partial charge is 0.357 e. The molecule has 0 bridgehead atoms. The first-order valence-corrected chi connectivity index (χ1v) is 7.53. The molecule has 0 saturated carbocycles. The molecule has 6 heteroatoms. The number of thiazole rings is 1. The number of aliphatic imine (C=N–C) groups is 1. The molecule has 0 spiro atoms. The van der Waals surface area contributed by atoms with E-state index in [9.17, 15) is 0 Å². The molecule has 2 aromatic heterocycles. The van der Waals surface area contributed by atoms with Crippen molar-refractivity contribution < 1.29 is 0 Å². The van der Waals surface area contributed by atoms with Gasteiger partial charge >= 0.3 is 0 Å². The lowest BCUT2D eigenvalue weighted by atomic mass is 10.3. The van der Waals surface area contributed by atoms with Gasteiger partial charge < -0.3 is 15.2 Å². The van der Waals surface area contributed by atoms with Gasteiger partial charge in [0, 0.05) is 37.1 Å². The van der Waals surface area contributed by atoms with E-state index in [0.29, 0.717) is 13.1 Å². The molecule has 0 aromatic carbocycles. The van der Waals surface area contributed by atoms with Crippen molar-refractivity contribution >= 4 is 17.3 Å². The number of rotatable bonds is 5. The third-order valence-electron chi connectivity index (χ3n) is 2.73. The molecule has 0 unspecified atom stereocenters. The number of aryl methyl sites for hydroxylation is 2. The van der Waals surface area contributed by atoms with Crippen LogP contribution >= 0.6 is 11.3 Å². The number of aromatic nitrogens is 2. The van der Waals surface area contributed by atoms with Crippen LogP contribution in [-0.2, 0) is 20.1 Å². The van der Waals surface area contributed by atoms with Gasteiger partial charge in [0.15, 0.2) is 5.96 Å². The molecular formula is C14H21N5S. The Morgan fingerprint density at radius 1 is 1.45 bits per heavy atom. The number of hydrogen-bond acceptors (Lipinski definition) is 3. The van der Waals surface area contributed by atoms with Crippen LogP contribution in [-0.4, -0.2) is 22.1 Å². The average molecular weight is 291 g/mol. The number of nitrogens with zero attached hydrogens (tertiary/aromatic N) is 3. The summed E-state index contributed by atoms with van der Waals surface area (Å²) >= 11 is 1.71. The lowest BCUT2D eigenvalue weighted by Gasteiger charge is -2.09. The molecule has 0 atom stereocenters. The van der Waals surface area contributed by atoms with E-state index in [1.807, 2.05) is 24.0 Å². The van der Waals surface area contributed by atoms with E-state index in [2.05, 4.69) is 46.7 Å². The van der Waals surface area contributed by atoms with Gasteiger partial charge in [0.2, 0.25) is 0 Å². The van der Waals surface area contributed by atoms with Gasteiger partial charge in [0.1, 0.15) is 5.01 Å². The smallest absolute Gasteiger partial charge is 0.191 e. The summed E-state index contributed by atoms with van der Waals surface area (Å²) in [4.78, 5) is 10.1. The fraction of sp³-hybridized carbons (Fsp3) is 0.429. The zero-order valence-corrected chi connectivity index (χ0v) is 13.0. The number of guanidine groups is 1. The predicted molar refractivity (Wildman–Crippen MR) is 83.9 cm³/mol. The Balaban J connectivity index is 1.91. The van der Waals surface area contributed by atoms with Crippen molar-refractivity contribution in [1.82, 2.24) is 20.2 Å². The molecule has 2 aromatic rings. The van der Waals surface area contributed by atoms with Crippen LogP contribution in [0.2, 0.25) is 0 Å². The van der Waals surface area contributed by atoms with Crippen LogP contribution in [0.4, 0.5) is 0 Å². The molecule has 0 aliphatic heterocycles. The Labute approximate surface area is 123 Å². The van der Waals surface area contributed by atoms with E-state index in [1.165, 1.54) is 10.4 Å². The van der Waals surface area contributed by atoms with Gasteiger partial charge in [-0.25, -0.2) is 9.98 Å². The first-order chi connectivity index (χ1) is 9.67. The summed E-state index contributed by atoms with van der Waals surface area (Å²) in [6.45, 7) is 6.35. The molecule has 0 fully saturated rings. The standard InChI is InChI=1S/C14H21N5S/c1-4-15-14(17-8-12-5-6-19(3)10-12)18-9-13-16-7-11(2)20-13/h5-7,10H,4,8-9H2,1-3H3,(H2,15,17,18). The van der Waals surface area contributed by atoms with E-state index in [4.69, 9.17) is 0 Å². The topological polar surface area (TPSA) is 54.2 Å². The van der Waals surface area contributed by atoms with Gasteiger partial charge in [0.25, 0.3) is 0 Å². The molecule has 2 heterocycles. The van der Waals surface area contributed by atoms with Crippen LogP contribution in [0.15, 0.2) is 29.6 Å². The molecule has 0 saturated heterocycles. The minimum atomic E-state index is 0.674. The van der Waals surface area contributed by atoms with Crippen molar-refractivity contribution in [2.75, 3.05) is 6.54 Å². The molecule has 0 radical (unpaired) electrons. The first kappa shape index (κ1) is 14.6. The highest BCUT2D eigenvalue weighted by molar-refractivity contribution is 7.11. The molecule has 108 valence electrons. The van der Waals surface area contributed by atoms with Crippen LogP contribution in [0, 0.1) is 6.92 Å². The van der Waals surface area contributed by atoms with Crippen molar-refractivity contribution in [3.8, 4) is 0 Å². The fourth-order valence-electron chi connectivity index (χ4n) is 1.81. The fourth-order valence-corrected chi connectivity index (χ4v) is 2.54. The van der Waals surface area contributed by atoms with Crippen molar-refractivity contribution in [2.45, 2.75) is 26.9 Å². The second-order valence-electron chi connectivity index (χ2n) is 4.60. The third-order valence-corrected chi connectivity index (χ3v) is 3.65. The molecule has 0 amide bonds. The summed E-state index contributed by atoms with van der Waals surface area (Å²) in [6.07, 6.45) is 6.01. The number of nitrogens with one attached hydrogen (secondary N) is 2. The van der Waals surface area contributed by atoms with Crippen LogP contribution in [0.5, 0.6) is 0 Å². The Bertz CT molecular complexity index is 570. The summed E-state index contributed by atoms with van der Waals surface area (Å²) < 4.78 is 2.03. The van der Waals surface area contributed by atoms with E-state index < -0.39 is 0 Å². The van der Waals surface area contributed by atoms with Crippen LogP contribution in [0.3, 0.4) is 0 Å². The molecule has 20 heavy (non-hydrogen) atoms. The summed E-state index contributed by atoms with van der Waals surface area (Å²) in [7, 11) is 2.02. The van der Waals surface area contributed by atoms with Crippen LogP contribution in [0.1, 0.15) is 22.4 Å². The molecule has 2 rings (SSSR count). The molecular weight excluding hydrogens is 270 g/mol. The van der Waals surface area contributed by atoms with Crippen molar-refractivity contribution in [2.24, 2.45) is 12.0 Å². The predicted octanol–water partition coefficient (Wildman–Crippen LogP) is 2.05. The van der Waals surface area contributed by atoms with Gasteiger partial charge in [-0.2, -0.15) is 0 Å². The Kier molecular flexibility index (Phi) is 5.17. The van der Waals surface area contributed by atoms with Crippen LogP contribution in [0.25, 0.3) is 0 Å². The Hall–Kier alpha value is -1.82. The lowest BCUT2D eigenvalue weighted by Crippen LogP contribution is -2.36. The van der Waals surface area contributed by atoms with Gasteiger partial charge in [-0.05, 0) is 25.5 Å². The highest BCUT2D eigenvalue weighted by atomic mass is 32.1. The van der Waals surface area contributed by atoms with Gasteiger partial charge in [0.05, 0.1) is 13.1 Å². The van der Waals surface area contributed by atoms with E-state index >= 15 is 0 Å². The summed E-state index contributed by atoms with van der Waals surface area (Å²) in [5.74, 6) is 0.823. The minimum absolute atomic E-state index is 0.674. The zero-order chi connectivity index (χ0) is 14.4. The molecule has 0 aliphatic rings. The average Bonchev–Trinajstić information content (AvgIpc) is 3.02. The normalized spacial score (nSPS) is 11.7. The quantitative estimate of drug-likeness (QED) is 0.655. The highest BCUT2D eigenvalue weighted by Crippen LogP contribution is 2.10. The molecule has 5 nitrogen and oxygen atoms in total. The number of hydrogen-bond donors (Lipinski definition) is 2. The molecule has 2 N–H and O–H groups in total. The van der Waals surface area contributed by atoms with Crippen molar-refractivity contribution in [3.05, 3.63) is 40.1 Å². The Morgan fingerprint density at radius 2 is 2.30 bits per heavy atom. The summed E-state index contributed by atoms with van der Waals surface area (Å²) in [5, 5.41) is 7.63. The maximum Gasteiger partial charge on any atom is 0.191 e. The third kappa shape index (κ3) is 4.38. The minimum Gasteiger partial charge on any atom is -0.357 e. The zero-order valence-electron chi connectivity index (χ0n) is 12.2. The highest BCUT2D eigenvalue weighted by Gasteiger charge is 2.01. The maximum absolute atomic E-state index is 4.58. The second kappa shape index (κ2) is 7.09. The molecule has 0 aliphatic carbocycles. The van der Waals surface area contributed by atoms with Gasteiger partial charge in [-0.1, -0.05) is 0 Å². The SMILES string of the molecule is CCNC(=NCc1ccn(C)c1)NCc1ncc(C)s1. The van der Waals surface area contributed by atoms with E-state index in [-0.39, 0.29) is 0 Å². The van der Waals surface area contributed by atoms with Gasteiger partial charge in [-0.3, -0.25) is 0 Å². The van der Waals surface area contributed by atoms with Crippen molar-refractivity contribution in [1.29, 1.82) is 0 Å². The second-order valence-corrected chi connectivity index (χ2v) is 5.92. The first-order valence-electron chi connectivity index (χ1n) is 6.71. The van der Waals surface area contributed by atoms with E-state index in [1.54, 1.807) is 11.3 Å². The Morgan fingerprint density at radius 3 is 2.90 bits per heavy atom. The summed E-state index contributed by atoms with van der Waals surface area (Å²) in [6, 6.07) is 2.08. The van der Waals surface area contributed by atoms with E-state index in [0.717, 1.165) is 17.5 Å². The monoisotopic (exact) mass is 291 g/mol. The van der Waals surface area contributed by atoms with Crippen molar-refractivity contribution in [3.63, 3.8) is 0 Å². The summed E-state index contributed by atoms with van der Waals surface area (Å²) in [5.41, 5.74) is 1.20. The maximum atomic E-state index is 4.58. The van der Waals surface area contributed by atoms with Crippen LogP contribution < -0.4 is 10.6 Å².